The molecule has 128 valence electrons. The molecule has 0 N–H and O–H groups in total. The number of aromatic nitrogens is 2. The zero-order valence-electron chi connectivity index (χ0n) is 14.6. The van der Waals surface area contributed by atoms with Crippen LogP contribution in [-0.2, 0) is 6.42 Å². The number of piperidine rings is 1. The van der Waals surface area contributed by atoms with E-state index in [0.717, 1.165) is 48.8 Å². The Balaban J connectivity index is 1.81. The van der Waals surface area contributed by atoms with Crippen LogP contribution in [-0.4, -0.2) is 34.8 Å². The fraction of sp³-hybridized carbons (Fsp3) is 0.333. The monoisotopic (exact) mass is 333 g/mol. The molecule has 3 aromatic rings. The Labute approximate surface area is 147 Å². The van der Waals surface area contributed by atoms with Gasteiger partial charge in [0.05, 0.1) is 17.1 Å². The highest BCUT2D eigenvalue weighted by Crippen LogP contribution is 2.22. The van der Waals surface area contributed by atoms with Crippen molar-refractivity contribution >= 4 is 10.8 Å². The summed E-state index contributed by atoms with van der Waals surface area (Å²) in [5, 5.41) is 6.58. The molecule has 1 aliphatic rings. The number of nitrogens with zero attached hydrogens (tertiary/aromatic N) is 3. The molecule has 0 aliphatic carbocycles. The summed E-state index contributed by atoms with van der Waals surface area (Å²) in [6.45, 7) is 2.03. The normalized spacial score (nSPS) is 16.4. The van der Waals surface area contributed by atoms with Crippen molar-refractivity contribution in [2.24, 2.45) is 0 Å². The molecule has 0 radical (unpaired) electrons. The van der Waals surface area contributed by atoms with Gasteiger partial charge < -0.3 is 4.90 Å². The topological polar surface area (TPSA) is 38.1 Å². The summed E-state index contributed by atoms with van der Waals surface area (Å²) in [7, 11) is 2.13. The lowest BCUT2D eigenvalue weighted by molar-refractivity contribution is 0.208. The van der Waals surface area contributed by atoms with Crippen LogP contribution in [0.5, 0.6) is 0 Å². The average Bonchev–Trinajstić information content (AvgIpc) is 2.66. The van der Waals surface area contributed by atoms with Gasteiger partial charge in [-0.25, -0.2) is 4.68 Å². The highest BCUT2D eigenvalue weighted by Gasteiger charge is 2.22. The minimum Gasteiger partial charge on any atom is -0.306 e. The minimum absolute atomic E-state index is 0.0435. The van der Waals surface area contributed by atoms with Gasteiger partial charge in [-0.05, 0) is 44.6 Å². The molecule has 0 saturated carbocycles. The van der Waals surface area contributed by atoms with Crippen LogP contribution in [0, 0.1) is 0 Å². The average molecular weight is 333 g/mol. The molecular formula is C21H23N3O. The summed E-state index contributed by atoms with van der Waals surface area (Å²) in [6, 6.07) is 18.4. The van der Waals surface area contributed by atoms with Gasteiger partial charge in [0.25, 0.3) is 5.56 Å². The predicted molar refractivity (Wildman–Crippen MR) is 101 cm³/mol. The van der Waals surface area contributed by atoms with E-state index in [0.29, 0.717) is 0 Å². The van der Waals surface area contributed by atoms with Gasteiger partial charge in [0.15, 0.2) is 0 Å². The Morgan fingerprint density at radius 3 is 2.32 bits per heavy atom. The Kier molecular flexibility index (Phi) is 4.36. The summed E-state index contributed by atoms with van der Waals surface area (Å²) < 4.78 is 1.76. The zero-order chi connectivity index (χ0) is 17.2. The highest BCUT2D eigenvalue weighted by atomic mass is 16.1. The van der Waals surface area contributed by atoms with Gasteiger partial charge in [0.1, 0.15) is 0 Å². The van der Waals surface area contributed by atoms with E-state index < -0.39 is 0 Å². The van der Waals surface area contributed by atoms with E-state index in [1.807, 2.05) is 42.5 Å². The third-order valence-corrected chi connectivity index (χ3v) is 5.15. The van der Waals surface area contributed by atoms with Crippen molar-refractivity contribution in [2.45, 2.75) is 25.3 Å². The first-order valence-corrected chi connectivity index (χ1v) is 8.95. The second-order valence-electron chi connectivity index (χ2n) is 6.94. The van der Waals surface area contributed by atoms with Crippen molar-refractivity contribution in [3.8, 4) is 0 Å². The molecule has 0 spiro atoms. The molecule has 0 atom stereocenters. The van der Waals surface area contributed by atoms with E-state index in [1.54, 1.807) is 4.68 Å². The molecule has 0 unspecified atom stereocenters. The van der Waals surface area contributed by atoms with E-state index >= 15 is 0 Å². The molecule has 1 fully saturated rings. The highest BCUT2D eigenvalue weighted by molar-refractivity contribution is 5.83. The first kappa shape index (κ1) is 16.0. The molecule has 1 saturated heterocycles. The second kappa shape index (κ2) is 6.81. The van der Waals surface area contributed by atoms with Crippen molar-refractivity contribution in [3.05, 3.63) is 76.2 Å². The van der Waals surface area contributed by atoms with E-state index in [-0.39, 0.29) is 11.6 Å². The van der Waals surface area contributed by atoms with Crippen LogP contribution in [0.1, 0.15) is 30.1 Å². The molecule has 2 aromatic carbocycles. The molecule has 1 aromatic heterocycles. The zero-order valence-corrected chi connectivity index (χ0v) is 14.6. The lowest BCUT2D eigenvalue weighted by atomic mass is 10.0. The van der Waals surface area contributed by atoms with E-state index in [2.05, 4.69) is 24.1 Å². The summed E-state index contributed by atoms with van der Waals surface area (Å²) in [4.78, 5) is 15.3. The van der Waals surface area contributed by atoms with Crippen LogP contribution in [0.25, 0.3) is 10.8 Å². The molecule has 4 heteroatoms. The molecule has 4 nitrogen and oxygen atoms in total. The lowest BCUT2D eigenvalue weighted by Gasteiger charge is -2.29. The maximum Gasteiger partial charge on any atom is 0.274 e. The molecule has 25 heavy (non-hydrogen) atoms. The third-order valence-electron chi connectivity index (χ3n) is 5.15. The summed E-state index contributed by atoms with van der Waals surface area (Å²) in [5.74, 6) is 0. The van der Waals surface area contributed by atoms with E-state index in [1.165, 1.54) is 5.56 Å². The SMILES string of the molecule is CN1CCC(n2nc(Cc3ccccc3)c3ccccc3c2=O)CC1. The fourth-order valence-corrected chi connectivity index (χ4v) is 3.68. The van der Waals surface area contributed by atoms with Gasteiger partial charge in [0, 0.05) is 11.8 Å². The molecule has 0 bridgehead atoms. The smallest absolute Gasteiger partial charge is 0.274 e. The Bertz CT molecular complexity index is 925. The van der Waals surface area contributed by atoms with Crippen LogP contribution in [0.3, 0.4) is 0 Å². The molecule has 0 amide bonds. The first-order chi connectivity index (χ1) is 12.2. The third kappa shape index (κ3) is 3.22. The van der Waals surface area contributed by atoms with E-state index in [9.17, 15) is 4.79 Å². The van der Waals surface area contributed by atoms with Gasteiger partial charge in [-0.1, -0.05) is 48.5 Å². The van der Waals surface area contributed by atoms with Crippen LogP contribution >= 0.6 is 0 Å². The van der Waals surface area contributed by atoms with Gasteiger partial charge in [-0.15, -0.1) is 0 Å². The van der Waals surface area contributed by atoms with Crippen LogP contribution in [0.2, 0.25) is 0 Å². The number of likely N-dealkylation sites (tertiary alicyclic amines) is 1. The number of rotatable bonds is 3. The summed E-state index contributed by atoms with van der Waals surface area (Å²) in [6.07, 6.45) is 2.70. The van der Waals surface area contributed by atoms with Gasteiger partial charge >= 0.3 is 0 Å². The predicted octanol–water partition coefficient (Wildman–Crippen LogP) is 3.25. The first-order valence-electron chi connectivity index (χ1n) is 8.95. The molecular weight excluding hydrogens is 310 g/mol. The largest absolute Gasteiger partial charge is 0.306 e. The molecule has 2 heterocycles. The van der Waals surface area contributed by atoms with E-state index in [4.69, 9.17) is 5.10 Å². The summed E-state index contributed by atoms with van der Waals surface area (Å²) in [5.41, 5.74) is 2.25. The maximum absolute atomic E-state index is 13.0. The number of fused-ring (bicyclic) bond motifs is 1. The van der Waals surface area contributed by atoms with Crippen molar-refractivity contribution < 1.29 is 0 Å². The lowest BCUT2D eigenvalue weighted by Crippen LogP contribution is -2.37. The van der Waals surface area contributed by atoms with Crippen molar-refractivity contribution in [3.63, 3.8) is 0 Å². The van der Waals surface area contributed by atoms with Gasteiger partial charge in [-0.3, -0.25) is 4.79 Å². The minimum atomic E-state index is 0.0435. The van der Waals surface area contributed by atoms with Crippen molar-refractivity contribution in [1.82, 2.24) is 14.7 Å². The van der Waals surface area contributed by atoms with Crippen LogP contribution < -0.4 is 5.56 Å². The van der Waals surface area contributed by atoms with Crippen molar-refractivity contribution in [1.29, 1.82) is 0 Å². The number of hydrogen-bond acceptors (Lipinski definition) is 3. The molecule has 4 rings (SSSR count). The maximum atomic E-state index is 13.0. The second-order valence-corrected chi connectivity index (χ2v) is 6.94. The Morgan fingerprint density at radius 2 is 1.60 bits per heavy atom. The Morgan fingerprint density at radius 1 is 0.960 bits per heavy atom. The van der Waals surface area contributed by atoms with Gasteiger partial charge in [-0.2, -0.15) is 5.10 Å². The standard InChI is InChI=1S/C21H23N3O/c1-23-13-11-17(12-14-23)24-21(25)19-10-6-5-9-18(19)20(22-24)15-16-7-3-2-4-8-16/h2-10,17H,11-15H2,1H3. The van der Waals surface area contributed by atoms with Gasteiger partial charge in [0.2, 0.25) is 0 Å². The Hall–Kier alpha value is -2.46. The van der Waals surface area contributed by atoms with Crippen molar-refractivity contribution in [2.75, 3.05) is 20.1 Å². The summed E-state index contributed by atoms with van der Waals surface area (Å²) >= 11 is 0. The molecule has 1 aliphatic heterocycles. The number of benzene rings is 2. The van der Waals surface area contributed by atoms with Crippen LogP contribution in [0.15, 0.2) is 59.4 Å². The fourth-order valence-electron chi connectivity index (χ4n) is 3.68. The number of hydrogen-bond donors (Lipinski definition) is 0. The quantitative estimate of drug-likeness (QED) is 0.738. The van der Waals surface area contributed by atoms with Crippen LogP contribution in [0.4, 0.5) is 0 Å².